The molecule has 0 spiro atoms. The average molecular weight is 614 g/mol. The molecule has 2 aromatic rings. The predicted octanol–water partition coefficient (Wildman–Crippen LogP) is 6.52. The fourth-order valence-electron chi connectivity index (χ4n) is 4.86. The van der Waals surface area contributed by atoms with Crippen molar-refractivity contribution in [3.05, 3.63) is 32.9 Å². The van der Waals surface area contributed by atoms with Gasteiger partial charge < -0.3 is 9.64 Å². The zero-order valence-electron chi connectivity index (χ0n) is 23.2. The fourth-order valence-corrected chi connectivity index (χ4v) is 6.81. The molecule has 1 saturated carbocycles. The maximum Gasteiger partial charge on any atom is 0.410 e. The third-order valence-electron chi connectivity index (χ3n) is 7.30. The molecule has 40 heavy (non-hydrogen) atoms. The number of nitrogens with zero attached hydrogens (tertiary/aromatic N) is 6. The summed E-state index contributed by atoms with van der Waals surface area (Å²) in [6, 6.07) is -0.371. The highest BCUT2D eigenvalue weighted by molar-refractivity contribution is 8.01. The Hall–Kier alpha value is -2.06. The third kappa shape index (κ3) is 6.23. The Balaban J connectivity index is 1.46. The summed E-state index contributed by atoms with van der Waals surface area (Å²) >= 11 is 9.12. The van der Waals surface area contributed by atoms with Crippen LogP contribution in [0.15, 0.2) is 17.1 Å². The van der Waals surface area contributed by atoms with Crippen LogP contribution in [0.1, 0.15) is 77.0 Å². The molecule has 3 aliphatic rings. The number of imidazole rings is 1. The van der Waals surface area contributed by atoms with Gasteiger partial charge >= 0.3 is 6.09 Å². The largest absolute Gasteiger partial charge is 0.444 e. The number of allylic oxidation sites excluding steroid dienone is 1. The van der Waals surface area contributed by atoms with Gasteiger partial charge in [0.25, 0.3) is 6.43 Å². The van der Waals surface area contributed by atoms with Crippen LogP contribution in [0.3, 0.4) is 0 Å². The lowest BCUT2D eigenvalue weighted by Crippen LogP contribution is -2.55. The van der Waals surface area contributed by atoms with Crippen LogP contribution in [0.4, 0.5) is 13.6 Å². The van der Waals surface area contributed by atoms with E-state index in [9.17, 15) is 13.6 Å². The van der Waals surface area contributed by atoms with Gasteiger partial charge in [-0.25, -0.2) is 18.6 Å². The molecule has 9 nitrogen and oxygen atoms in total. The molecular weight excluding hydrogens is 580 g/mol. The molecule has 1 amide bonds. The molecule has 2 aromatic heterocycles. The molecule has 2 atom stereocenters. The number of fused-ring (bicyclic) bond motifs is 1. The second-order valence-corrected chi connectivity index (χ2v) is 13.7. The van der Waals surface area contributed by atoms with Gasteiger partial charge in [0, 0.05) is 42.3 Å². The topological polar surface area (TPSA) is 88.4 Å². The highest BCUT2D eigenvalue weighted by Crippen LogP contribution is 2.43. The zero-order chi connectivity index (χ0) is 28.8. The van der Waals surface area contributed by atoms with Crippen molar-refractivity contribution in [3.8, 4) is 10.8 Å². The molecule has 4 heterocycles. The van der Waals surface area contributed by atoms with Crippen LogP contribution in [0, 0.1) is 0 Å². The van der Waals surface area contributed by atoms with Gasteiger partial charge in [-0.2, -0.15) is 0 Å². The second kappa shape index (κ2) is 11.3. The first kappa shape index (κ1) is 29.4. The van der Waals surface area contributed by atoms with Crippen molar-refractivity contribution in [1.29, 1.82) is 0 Å². The van der Waals surface area contributed by atoms with Crippen molar-refractivity contribution in [2.75, 3.05) is 19.6 Å². The number of carbonyl (C=O) groups excluding carboxylic acids is 1. The number of alkyl halides is 2. The summed E-state index contributed by atoms with van der Waals surface area (Å²) < 4.78 is 37.7. The van der Waals surface area contributed by atoms with Crippen molar-refractivity contribution in [2.45, 2.75) is 83.5 Å². The average Bonchev–Trinajstić information content (AvgIpc) is 3.44. The summed E-state index contributed by atoms with van der Waals surface area (Å²) in [4.78, 5) is 22.3. The Morgan fingerprint density at radius 3 is 2.67 bits per heavy atom. The van der Waals surface area contributed by atoms with E-state index in [1.807, 2.05) is 38.5 Å². The molecule has 14 heteroatoms. The quantitative estimate of drug-likeness (QED) is 0.353. The van der Waals surface area contributed by atoms with Crippen LogP contribution in [0.2, 0.25) is 5.15 Å². The smallest absolute Gasteiger partial charge is 0.410 e. The molecule has 2 fully saturated rings. The molecule has 1 N–H and O–H groups in total. The predicted molar refractivity (Wildman–Crippen MR) is 154 cm³/mol. The number of nitrogens with one attached hydrogen (secondary N) is 1. The first-order valence-corrected chi connectivity index (χ1v) is 15.4. The van der Waals surface area contributed by atoms with Crippen LogP contribution in [0.25, 0.3) is 17.0 Å². The van der Waals surface area contributed by atoms with Gasteiger partial charge in [0.2, 0.25) is 0 Å². The highest BCUT2D eigenvalue weighted by Gasteiger charge is 2.41. The van der Waals surface area contributed by atoms with Crippen LogP contribution in [-0.2, 0) is 4.74 Å². The lowest BCUT2D eigenvalue weighted by atomic mass is 10.1. The molecule has 0 radical (unpaired) electrons. The van der Waals surface area contributed by atoms with E-state index in [1.54, 1.807) is 16.8 Å². The Labute approximate surface area is 246 Å². The van der Waals surface area contributed by atoms with Crippen LogP contribution in [-0.4, -0.2) is 72.5 Å². The van der Waals surface area contributed by atoms with Gasteiger partial charge in [0.15, 0.2) is 21.0 Å². The van der Waals surface area contributed by atoms with Crippen molar-refractivity contribution < 1.29 is 18.3 Å². The maximum absolute atomic E-state index is 13.3. The van der Waals surface area contributed by atoms with E-state index in [4.69, 9.17) is 16.3 Å². The van der Waals surface area contributed by atoms with Crippen LogP contribution >= 0.6 is 34.9 Å². The molecule has 1 aliphatic carbocycles. The summed E-state index contributed by atoms with van der Waals surface area (Å²) in [5, 5.41) is 7.84. The van der Waals surface area contributed by atoms with E-state index >= 15 is 0 Å². The number of amides is 1. The van der Waals surface area contributed by atoms with Crippen LogP contribution < -0.4 is 4.72 Å². The monoisotopic (exact) mass is 613 g/mol. The standard InChI is InChI=1S/C26H34ClF2N7O2S2/c1-6-26(9-10-26)33-40-16-7-8-17(34-11-12-35(15(2)13-34)24(37)38-25(3,4)5)18-19(27)30-21(36(18)14-16)23-32-31-22(39-23)20(28)29/h7-8,14-15,17,20,33H,6,9-13H2,1-5H3/t15-,17?/m1/s1. The van der Waals surface area contributed by atoms with Gasteiger partial charge in [-0.05, 0) is 65.0 Å². The van der Waals surface area contributed by atoms with E-state index in [0.29, 0.717) is 31.2 Å². The molecule has 218 valence electrons. The van der Waals surface area contributed by atoms with E-state index in [-0.39, 0.29) is 38.9 Å². The molecule has 0 aromatic carbocycles. The van der Waals surface area contributed by atoms with Gasteiger partial charge in [-0.15, -0.1) is 10.2 Å². The minimum Gasteiger partial charge on any atom is -0.444 e. The first-order chi connectivity index (χ1) is 18.9. The van der Waals surface area contributed by atoms with E-state index in [1.165, 1.54) is 0 Å². The third-order valence-corrected chi connectivity index (χ3v) is 9.51. The Morgan fingerprint density at radius 1 is 1.32 bits per heavy atom. The van der Waals surface area contributed by atoms with Crippen molar-refractivity contribution in [1.82, 2.24) is 34.3 Å². The summed E-state index contributed by atoms with van der Waals surface area (Å²) in [5.74, 6) is 0.369. The Morgan fingerprint density at radius 2 is 2.08 bits per heavy atom. The number of hydrogen-bond donors (Lipinski definition) is 1. The first-order valence-electron chi connectivity index (χ1n) is 13.4. The Bertz CT molecular complexity index is 1320. The molecule has 0 bridgehead atoms. The molecule has 1 saturated heterocycles. The number of aromatic nitrogens is 4. The fraction of sp³-hybridized carbons (Fsp3) is 0.615. The van der Waals surface area contributed by atoms with Gasteiger partial charge in [-0.1, -0.05) is 35.9 Å². The van der Waals surface area contributed by atoms with Gasteiger partial charge in [0.1, 0.15) is 5.60 Å². The minimum absolute atomic E-state index is 0.102. The summed E-state index contributed by atoms with van der Waals surface area (Å²) in [6.07, 6.45) is 6.31. The summed E-state index contributed by atoms with van der Waals surface area (Å²) in [5.41, 5.74) is 0.280. The lowest BCUT2D eigenvalue weighted by molar-refractivity contribution is -0.00208. The second-order valence-electron chi connectivity index (χ2n) is 11.4. The van der Waals surface area contributed by atoms with E-state index in [0.717, 1.165) is 35.5 Å². The SMILES string of the molecule is CCC1(NSC2=Cn3c(-c4nnc(C(F)F)s4)nc(Cl)c3C(N3CCN(C(=O)OC(C)(C)C)[C@H](C)C3)C=C2)CC1. The highest BCUT2D eigenvalue weighted by atomic mass is 35.5. The van der Waals surface area contributed by atoms with Crippen LogP contribution in [0.5, 0.6) is 0 Å². The summed E-state index contributed by atoms with van der Waals surface area (Å²) in [6.45, 7) is 11.4. The molecule has 1 unspecified atom stereocenters. The zero-order valence-corrected chi connectivity index (χ0v) is 25.5. The number of halogens is 3. The number of piperazine rings is 1. The molecule has 5 rings (SSSR count). The van der Waals surface area contributed by atoms with Gasteiger partial charge in [-0.3, -0.25) is 14.2 Å². The van der Waals surface area contributed by atoms with Crippen molar-refractivity contribution in [2.24, 2.45) is 0 Å². The summed E-state index contributed by atoms with van der Waals surface area (Å²) in [7, 11) is 0. The van der Waals surface area contributed by atoms with E-state index < -0.39 is 12.0 Å². The van der Waals surface area contributed by atoms with E-state index in [2.05, 4.69) is 43.9 Å². The normalized spacial score (nSPS) is 22.7. The number of ether oxygens (including phenoxy) is 1. The number of hydrogen-bond acceptors (Lipinski definition) is 9. The molecule has 2 aliphatic heterocycles. The maximum atomic E-state index is 13.3. The van der Waals surface area contributed by atoms with Crippen molar-refractivity contribution >= 4 is 47.2 Å². The Kier molecular flexibility index (Phi) is 8.33. The van der Waals surface area contributed by atoms with Gasteiger partial charge in [0.05, 0.1) is 11.7 Å². The lowest BCUT2D eigenvalue weighted by Gasteiger charge is -2.42. The number of carbonyl (C=O) groups is 1. The van der Waals surface area contributed by atoms with Crippen molar-refractivity contribution in [3.63, 3.8) is 0 Å². The molecular formula is C26H34ClF2N7O2S2. The minimum atomic E-state index is -2.72. The number of rotatable bonds is 7.